The standard InChI is InChI=1S/C10H11ClN6S/c11-8-14-9(13-7-1-4-18-5-7)16-10(15-8)17-3-2-12-6-17/h2-3,6-7H,1,4-5H2,(H,13,14,15,16). The van der Waals surface area contributed by atoms with Crippen molar-refractivity contribution < 1.29 is 0 Å². The second-order valence-electron chi connectivity index (χ2n) is 3.90. The minimum absolute atomic E-state index is 0.182. The summed E-state index contributed by atoms with van der Waals surface area (Å²) in [5.41, 5.74) is 0. The van der Waals surface area contributed by atoms with Gasteiger partial charge in [-0.25, -0.2) is 4.98 Å². The molecule has 0 radical (unpaired) electrons. The van der Waals surface area contributed by atoms with Crippen LogP contribution in [0.4, 0.5) is 5.95 Å². The summed E-state index contributed by atoms with van der Waals surface area (Å²) in [5.74, 6) is 3.24. The Hall–Kier alpha value is -1.34. The van der Waals surface area contributed by atoms with E-state index < -0.39 is 0 Å². The van der Waals surface area contributed by atoms with Crippen molar-refractivity contribution in [1.82, 2.24) is 24.5 Å². The molecule has 1 aliphatic heterocycles. The van der Waals surface area contributed by atoms with Crippen LogP contribution in [0.15, 0.2) is 18.7 Å². The van der Waals surface area contributed by atoms with Gasteiger partial charge in [0.25, 0.3) is 0 Å². The molecule has 0 saturated carbocycles. The third kappa shape index (κ3) is 2.56. The van der Waals surface area contributed by atoms with Crippen LogP contribution in [0.3, 0.4) is 0 Å². The zero-order valence-corrected chi connectivity index (χ0v) is 11.0. The number of halogens is 1. The summed E-state index contributed by atoms with van der Waals surface area (Å²) < 4.78 is 1.70. The predicted octanol–water partition coefficient (Wildman–Crippen LogP) is 1.63. The predicted molar refractivity (Wildman–Crippen MR) is 71.3 cm³/mol. The zero-order chi connectivity index (χ0) is 12.4. The summed E-state index contributed by atoms with van der Waals surface area (Å²) in [4.78, 5) is 16.5. The lowest BCUT2D eigenvalue weighted by atomic mass is 10.3. The molecule has 94 valence electrons. The normalized spacial score (nSPS) is 19.1. The monoisotopic (exact) mass is 282 g/mol. The highest BCUT2D eigenvalue weighted by Crippen LogP contribution is 2.20. The van der Waals surface area contributed by atoms with Crippen LogP contribution < -0.4 is 5.32 Å². The SMILES string of the molecule is Clc1nc(NC2CCSC2)nc(-n2ccnc2)n1. The molecule has 1 saturated heterocycles. The molecule has 0 bridgehead atoms. The van der Waals surface area contributed by atoms with E-state index in [0.29, 0.717) is 17.9 Å². The Morgan fingerprint density at radius 3 is 3.06 bits per heavy atom. The first kappa shape index (κ1) is 11.7. The van der Waals surface area contributed by atoms with E-state index >= 15 is 0 Å². The summed E-state index contributed by atoms with van der Waals surface area (Å²) in [6.45, 7) is 0. The molecule has 3 heterocycles. The second-order valence-corrected chi connectivity index (χ2v) is 5.39. The van der Waals surface area contributed by atoms with Gasteiger partial charge in [0.15, 0.2) is 0 Å². The lowest BCUT2D eigenvalue weighted by Gasteiger charge is -2.11. The van der Waals surface area contributed by atoms with Crippen LogP contribution in [-0.4, -0.2) is 42.1 Å². The fraction of sp³-hybridized carbons (Fsp3) is 0.400. The molecule has 18 heavy (non-hydrogen) atoms. The third-order valence-corrected chi connectivity index (χ3v) is 3.93. The minimum atomic E-state index is 0.182. The number of rotatable bonds is 3. The number of aromatic nitrogens is 5. The van der Waals surface area contributed by atoms with Crippen LogP contribution in [0.2, 0.25) is 5.28 Å². The molecule has 0 amide bonds. The highest BCUT2D eigenvalue weighted by Gasteiger charge is 2.17. The fourth-order valence-electron chi connectivity index (χ4n) is 1.73. The molecule has 1 unspecified atom stereocenters. The highest BCUT2D eigenvalue weighted by molar-refractivity contribution is 7.99. The van der Waals surface area contributed by atoms with Crippen molar-refractivity contribution in [2.45, 2.75) is 12.5 Å². The first-order valence-corrected chi connectivity index (χ1v) is 7.09. The van der Waals surface area contributed by atoms with E-state index in [0.717, 1.165) is 12.2 Å². The lowest BCUT2D eigenvalue weighted by molar-refractivity contribution is 0.788. The summed E-state index contributed by atoms with van der Waals surface area (Å²) in [7, 11) is 0. The Morgan fingerprint density at radius 2 is 2.33 bits per heavy atom. The summed E-state index contributed by atoms with van der Waals surface area (Å²) in [6, 6.07) is 0.407. The quantitative estimate of drug-likeness (QED) is 0.923. The first-order chi connectivity index (χ1) is 8.81. The Balaban J connectivity index is 1.86. The molecule has 1 N–H and O–H groups in total. The minimum Gasteiger partial charge on any atom is -0.350 e. The molecular formula is C10H11ClN6S. The van der Waals surface area contributed by atoms with Crippen molar-refractivity contribution >= 4 is 29.3 Å². The Labute approximate surface area is 113 Å². The number of imidazole rings is 1. The van der Waals surface area contributed by atoms with Crippen LogP contribution in [-0.2, 0) is 0 Å². The van der Waals surface area contributed by atoms with Crippen molar-refractivity contribution in [1.29, 1.82) is 0 Å². The number of nitrogens with one attached hydrogen (secondary N) is 1. The Bertz CT molecular complexity index is 525. The molecule has 0 spiro atoms. The molecule has 1 atom stereocenters. The van der Waals surface area contributed by atoms with Gasteiger partial charge in [0.1, 0.15) is 6.33 Å². The van der Waals surface area contributed by atoms with Crippen molar-refractivity contribution in [3.8, 4) is 5.95 Å². The molecule has 3 rings (SSSR count). The first-order valence-electron chi connectivity index (χ1n) is 5.55. The van der Waals surface area contributed by atoms with E-state index in [4.69, 9.17) is 11.6 Å². The maximum Gasteiger partial charge on any atom is 0.241 e. The van der Waals surface area contributed by atoms with E-state index in [1.807, 2.05) is 11.8 Å². The average Bonchev–Trinajstić information content (AvgIpc) is 3.00. The number of nitrogens with zero attached hydrogens (tertiary/aromatic N) is 5. The highest BCUT2D eigenvalue weighted by atomic mass is 35.5. The Kier molecular flexibility index (Phi) is 3.33. The van der Waals surface area contributed by atoms with Crippen molar-refractivity contribution in [3.05, 3.63) is 24.0 Å². The second kappa shape index (κ2) is 5.11. The van der Waals surface area contributed by atoms with Gasteiger partial charge in [0.05, 0.1) is 0 Å². The van der Waals surface area contributed by atoms with Crippen LogP contribution in [0.25, 0.3) is 5.95 Å². The molecule has 2 aromatic heterocycles. The number of hydrogen-bond acceptors (Lipinski definition) is 6. The van der Waals surface area contributed by atoms with Crippen molar-refractivity contribution in [2.24, 2.45) is 0 Å². The zero-order valence-electron chi connectivity index (χ0n) is 9.45. The maximum atomic E-state index is 5.91. The molecule has 6 nitrogen and oxygen atoms in total. The lowest BCUT2D eigenvalue weighted by Crippen LogP contribution is -2.20. The molecule has 8 heteroatoms. The van der Waals surface area contributed by atoms with Gasteiger partial charge in [-0.3, -0.25) is 4.57 Å². The number of thioether (sulfide) groups is 1. The Morgan fingerprint density at radius 1 is 1.39 bits per heavy atom. The van der Waals surface area contributed by atoms with Crippen molar-refractivity contribution in [3.63, 3.8) is 0 Å². The molecule has 1 fully saturated rings. The fourth-order valence-corrected chi connectivity index (χ4v) is 3.04. The van der Waals surface area contributed by atoms with Crippen LogP contribution >= 0.6 is 23.4 Å². The topological polar surface area (TPSA) is 68.5 Å². The van der Waals surface area contributed by atoms with Gasteiger partial charge < -0.3 is 5.32 Å². The summed E-state index contributed by atoms with van der Waals surface area (Å²) >= 11 is 7.84. The summed E-state index contributed by atoms with van der Waals surface area (Å²) in [5, 5.41) is 3.47. The van der Waals surface area contributed by atoms with Gasteiger partial charge >= 0.3 is 0 Å². The van der Waals surface area contributed by atoms with Gasteiger partial charge in [0.2, 0.25) is 17.2 Å². The van der Waals surface area contributed by atoms with E-state index in [9.17, 15) is 0 Å². The smallest absolute Gasteiger partial charge is 0.241 e. The van der Waals surface area contributed by atoms with E-state index in [1.54, 1.807) is 23.3 Å². The van der Waals surface area contributed by atoms with E-state index in [2.05, 4.69) is 25.3 Å². The summed E-state index contributed by atoms with van der Waals surface area (Å²) in [6.07, 6.45) is 6.18. The third-order valence-electron chi connectivity index (χ3n) is 2.59. The van der Waals surface area contributed by atoms with Crippen LogP contribution in [0.1, 0.15) is 6.42 Å². The molecule has 0 aromatic carbocycles. The molecular weight excluding hydrogens is 272 g/mol. The molecule has 2 aromatic rings. The van der Waals surface area contributed by atoms with Gasteiger partial charge in [0, 0.05) is 24.2 Å². The number of hydrogen-bond donors (Lipinski definition) is 1. The van der Waals surface area contributed by atoms with Gasteiger partial charge in [-0.15, -0.1) is 0 Å². The van der Waals surface area contributed by atoms with Gasteiger partial charge in [-0.05, 0) is 23.8 Å². The van der Waals surface area contributed by atoms with Crippen LogP contribution in [0.5, 0.6) is 0 Å². The average molecular weight is 283 g/mol. The molecule has 0 aliphatic carbocycles. The number of anilines is 1. The van der Waals surface area contributed by atoms with Gasteiger partial charge in [-0.1, -0.05) is 0 Å². The van der Waals surface area contributed by atoms with E-state index in [1.165, 1.54) is 5.75 Å². The van der Waals surface area contributed by atoms with Gasteiger partial charge in [-0.2, -0.15) is 26.7 Å². The van der Waals surface area contributed by atoms with E-state index in [-0.39, 0.29) is 5.28 Å². The maximum absolute atomic E-state index is 5.91. The molecule has 1 aliphatic rings. The van der Waals surface area contributed by atoms with Crippen LogP contribution in [0, 0.1) is 0 Å². The largest absolute Gasteiger partial charge is 0.350 e. The van der Waals surface area contributed by atoms with Crippen molar-refractivity contribution in [2.75, 3.05) is 16.8 Å².